The molecule has 0 radical (unpaired) electrons. The van der Waals surface area contributed by atoms with Crippen molar-refractivity contribution in [2.45, 2.75) is 6.42 Å². The number of nitrogens with one attached hydrogen (secondary N) is 1. The van der Waals surface area contributed by atoms with Gasteiger partial charge in [0.2, 0.25) is 5.91 Å². The van der Waals surface area contributed by atoms with Crippen LogP contribution in [0.25, 0.3) is 0 Å². The lowest BCUT2D eigenvalue weighted by Crippen LogP contribution is -2.12. The molecule has 1 rings (SSSR count). The molecule has 6 nitrogen and oxygen atoms in total. The number of amides is 1. The van der Waals surface area contributed by atoms with Crippen molar-refractivity contribution in [1.29, 1.82) is 5.26 Å². The number of hydrogen-bond donors (Lipinski definition) is 1. The molecule has 0 aromatic heterocycles. The highest BCUT2D eigenvalue weighted by atomic mass is 16.5. The number of ether oxygens (including phenoxy) is 2. The van der Waals surface area contributed by atoms with Crippen molar-refractivity contribution in [3.63, 3.8) is 0 Å². The maximum atomic E-state index is 11.3. The van der Waals surface area contributed by atoms with Gasteiger partial charge in [-0.15, -0.1) is 0 Å². The van der Waals surface area contributed by atoms with Crippen molar-refractivity contribution in [3.8, 4) is 11.8 Å². The first-order chi connectivity index (χ1) is 8.62. The first kappa shape index (κ1) is 13.5. The van der Waals surface area contributed by atoms with E-state index >= 15 is 0 Å². The maximum Gasteiger partial charge on any atom is 0.337 e. The fourth-order valence-corrected chi connectivity index (χ4v) is 1.32. The second-order valence-electron chi connectivity index (χ2n) is 3.29. The summed E-state index contributed by atoms with van der Waals surface area (Å²) in [6, 6.07) is 6.21. The molecule has 0 aliphatic heterocycles. The molecule has 0 unspecified atom stereocenters. The molecule has 0 aliphatic rings. The molecule has 6 heteroatoms. The second-order valence-corrected chi connectivity index (χ2v) is 3.29. The molecule has 0 saturated carbocycles. The van der Waals surface area contributed by atoms with Crippen LogP contribution in [-0.4, -0.2) is 26.1 Å². The Morgan fingerprint density at radius 1 is 1.39 bits per heavy atom. The van der Waals surface area contributed by atoms with Gasteiger partial charge >= 0.3 is 5.97 Å². The van der Waals surface area contributed by atoms with Crippen LogP contribution in [0.4, 0.5) is 5.69 Å². The number of carbonyl (C=O) groups excluding carboxylic acids is 2. The highest BCUT2D eigenvalue weighted by Crippen LogP contribution is 2.25. The zero-order valence-corrected chi connectivity index (χ0v) is 10.0. The average molecular weight is 248 g/mol. The summed E-state index contributed by atoms with van der Waals surface area (Å²) in [7, 11) is 2.70. The van der Waals surface area contributed by atoms with E-state index in [1.807, 2.05) is 0 Å². The van der Waals surface area contributed by atoms with Crippen LogP contribution >= 0.6 is 0 Å². The van der Waals surface area contributed by atoms with Crippen molar-refractivity contribution in [3.05, 3.63) is 23.8 Å². The number of nitrogens with zero attached hydrogens (tertiary/aromatic N) is 1. The Hall–Kier alpha value is -2.55. The number of benzene rings is 1. The molecule has 1 aromatic rings. The van der Waals surface area contributed by atoms with E-state index in [1.54, 1.807) is 6.07 Å². The highest BCUT2D eigenvalue weighted by Gasteiger charge is 2.12. The van der Waals surface area contributed by atoms with Gasteiger partial charge in [0.1, 0.15) is 12.2 Å². The van der Waals surface area contributed by atoms with Crippen molar-refractivity contribution in [1.82, 2.24) is 0 Å². The summed E-state index contributed by atoms with van der Waals surface area (Å²) in [5, 5.41) is 10.9. The molecule has 0 spiro atoms. The van der Waals surface area contributed by atoms with E-state index in [2.05, 4.69) is 10.1 Å². The Morgan fingerprint density at radius 3 is 2.67 bits per heavy atom. The molecule has 0 aliphatic carbocycles. The Kier molecular flexibility index (Phi) is 4.69. The zero-order chi connectivity index (χ0) is 13.5. The number of hydrogen-bond acceptors (Lipinski definition) is 5. The third kappa shape index (κ3) is 3.22. The fourth-order valence-electron chi connectivity index (χ4n) is 1.32. The van der Waals surface area contributed by atoms with E-state index in [1.165, 1.54) is 32.4 Å². The SMILES string of the molecule is COC(=O)c1ccc(OC)c(NC(=O)CC#N)c1. The van der Waals surface area contributed by atoms with Gasteiger partial charge in [0.15, 0.2) is 0 Å². The first-order valence-electron chi connectivity index (χ1n) is 5.05. The molecule has 0 saturated heterocycles. The number of rotatable bonds is 4. The van der Waals surface area contributed by atoms with Crippen molar-refractivity contribution in [2.24, 2.45) is 0 Å². The van der Waals surface area contributed by atoms with Gasteiger partial charge in [-0.1, -0.05) is 0 Å². The van der Waals surface area contributed by atoms with Gasteiger partial charge in [-0.2, -0.15) is 5.26 Å². The largest absolute Gasteiger partial charge is 0.495 e. The third-order valence-corrected chi connectivity index (χ3v) is 2.13. The molecule has 0 heterocycles. The lowest BCUT2D eigenvalue weighted by Gasteiger charge is -2.10. The summed E-state index contributed by atoms with van der Waals surface area (Å²) >= 11 is 0. The minimum atomic E-state index is -0.520. The summed E-state index contributed by atoms with van der Waals surface area (Å²) in [6.07, 6.45) is -0.272. The van der Waals surface area contributed by atoms with Gasteiger partial charge in [-0.25, -0.2) is 4.79 Å². The minimum absolute atomic E-state index is 0.272. The van der Waals surface area contributed by atoms with Crippen LogP contribution in [0.3, 0.4) is 0 Å². The number of methoxy groups -OCH3 is 2. The number of nitriles is 1. The first-order valence-corrected chi connectivity index (χ1v) is 5.05. The van der Waals surface area contributed by atoms with E-state index in [9.17, 15) is 9.59 Å². The van der Waals surface area contributed by atoms with Gasteiger partial charge < -0.3 is 14.8 Å². The van der Waals surface area contributed by atoms with Crippen molar-refractivity contribution in [2.75, 3.05) is 19.5 Å². The van der Waals surface area contributed by atoms with Gasteiger partial charge in [0.25, 0.3) is 0 Å². The van der Waals surface area contributed by atoms with E-state index in [0.717, 1.165) is 0 Å². The van der Waals surface area contributed by atoms with Crippen LogP contribution in [0.2, 0.25) is 0 Å². The number of anilines is 1. The average Bonchev–Trinajstić information content (AvgIpc) is 2.38. The second kappa shape index (κ2) is 6.25. The molecule has 1 N–H and O–H groups in total. The van der Waals surface area contributed by atoms with Crippen LogP contribution in [-0.2, 0) is 9.53 Å². The molecule has 1 aromatic carbocycles. The maximum absolute atomic E-state index is 11.3. The number of carbonyl (C=O) groups is 2. The van der Waals surface area contributed by atoms with E-state index in [-0.39, 0.29) is 12.0 Å². The normalized spacial score (nSPS) is 9.17. The minimum Gasteiger partial charge on any atom is -0.495 e. The summed E-state index contributed by atoms with van der Waals surface area (Å²) < 4.78 is 9.62. The molecule has 94 valence electrons. The summed E-state index contributed by atoms with van der Waals surface area (Å²) in [6.45, 7) is 0. The number of esters is 1. The highest BCUT2D eigenvalue weighted by molar-refractivity contribution is 5.96. The molecule has 1 amide bonds. The molecule has 0 atom stereocenters. The van der Waals surface area contributed by atoms with Crippen LogP contribution in [0.5, 0.6) is 5.75 Å². The molecule has 18 heavy (non-hydrogen) atoms. The Balaban J connectivity index is 3.03. The molecule has 0 fully saturated rings. The van der Waals surface area contributed by atoms with E-state index in [0.29, 0.717) is 11.4 Å². The molecule has 0 bridgehead atoms. The summed E-state index contributed by atoms with van der Waals surface area (Å²) in [4.78, 5) is 22.7. The van der Waals surface area contributed by atoms with Gasteiger partial charge in [-0.05, 0) is 18.2 Å². The third-order valence-electron chi connectivity index (χ3n) is 2.13. The Bertz CT molecular complexity index is 505. The van der Waals surface area contributed by atoms with Gasteiger partial charge in [0, 0.05) is 0 Å². The Labute approximate surface area is 104 Å². The van der Waals surface area contributed by atoms with Crippen molar-refractivity contribution >= 4 is 17.6 Å². The molecular weight excluding hydrogens is 236 g/mol. The summed E-state index contributed by atoms with van der Waals surface area (Å²) in [5.74, 6) is -0.597. The zero-order valence-electron chi connectivity index (χ0n) is 10.0. The van der Waals surface area contributed by atoms with Crippen LogP contribution < -0.4 is 10.1 Å². The lowest BCUT2D eigenvalue weighted by atomic mass is 10.2. The van der Waals surface area contributed by atoms with Crippen LogP contribution in [0.1, 0.15) is 16.8 Å². The quantitative estimate of drug-likeness (QED) is 0.812. The van der Waals surface area contributed by atoms with Crippen LogP contribution in [0.15, 0.2) is 18.2 Å². The van der Waals surface area contributed by atoms with E-state index < -0.39 is 11.9 Å². The monoisotopic (exact) mass is 248 g/mol. The fraction of sp³-hybridized carbons (Fsp3) is 0.250. The van der Waals surface area contributed by atoms with Crippen LogP contribution in [0, 0.1) is 11.3 Å². The van der Waals surface area contributed by atoms with Gasteiger partial charge in [0.05, 0.1) is 31.5 Å². The molecular formula is C12H12N2O4. The van der Waals surface area contributed by atoms with Gasteiger partial charge in [-0.3, -0.25) is 4.79 Å². The summed E-state index contributed by atoms with van der Waals surface area (Å²) in [5.41, 5.74) is 0.603. The standard InChI is InChI=1S/C12H12N2O4/c1-17-10-4-3-8(12(16)18-2)7-9(10)14-11(15)5-6-13/h3-4,7H,5H2,1-2H3,(H,14,15). The topological polar surface area (TPSA) is 88.4 Å². The predicted octanol–water partition coefficient (Wildman–Crippen LogP) is 1.33. The Morgan fingerprint density at radius 2 is 2.11 bits per heavy atom. The predicted molar refractivity (Wildman–Crippen MR) is 63.2 cm³/mol. The van der Waals surface area contributed by atoms with Crippen molar-refractivity contribution < 1.29 is 19.1 Å². The lowest BCUT2D eigenvalue weighted by molar-refractivity contribution is -0.115. The smallest absolute Gasteiger partial charge is 0.337 e. The van der Waals surface area contributed by atoms with E-state index in [4.69, 9.17) is 10.00 Å².